The van der Waals surface area contributed by atoms with Crippen LogP contribution in [-0.4, -0.2) is 28.0 Å². The van der Waals surface area contributed by atoms with E-state index in [2.05, 4.69) is 21.0 Å². The lowest BCUT2D eigenvalue weighted by atomic mass is 10.1. The number of carbonyl (C=O) groups is 1. The Hall–Kier alpha value is -1.82. The van der Waals surface area contributed by atoms with Gasteiger partial charge in [0.2, 0.25) is 0 Å². The van der Waals surface area contributed by atoms with Crippen LogP contribution in [0, 0.1) is 6.92 Å². The quantitative estimate of drug-likeness (QED) is 0.942. The van der Waals surface area contributed by atoms with Crippen LogP contribution in [-0.2, 0) is 7.05 Å². The van der Waals surface area contributed by atoms with Crippen molar-refractivity contribution >= 4 is 21.9 Å². The minimum atomic E-state index is -1.04. The predicted octanol–water partition coefficient (Wildman–Crippen LogP) is 2.86. The molecule has 0 saturated carbocycles. The Balaban J connectivity index is 2.62. The number of carboxylic acid groups (broad SMARTS) is 1. The van der Waals surface area contributed by atoms with Crippen LogP contribution in [0.4, 0.5) is 0 Å². The van der Waals surface area contributed by atoms with Crippen molar-refractivity contribution in [2.24, 2.45) is 7.05 Å². The van der Waals surface area contributed by atoms with E-state index >= 15 is 0 Å². The van der Waals surface area contributed by atoms with Gasteiger partial charge in [-0.15, -0.1) is 0 Å². The minimum absolute atomic E-state index is 0.0175. The summed E-state index contributed by atoms with van der Waals surface area (Å²) >= 11 is 3.50. The fraction of sp³-hybridized carbons (Fsp3) is 0.231. The number of benzene rings is 1. The Labute approximate surface area is 118 Å². The van der Waals surface area contributed by atoms with Gasteiger partial charge < -0.3 is 9.84 Å². The van der Waals surface area contributed by atoms with Gasteiger partial charge in [0.25, 0.3) is 0 Å². The van der Waals surface area contributed by atoms with Crippen LogP contribution >= 0.6 is 15.9 Å². The topological polar surface area (TPSA) is 64.3 Å². The third-order valence-corrected chi connectivity index (χ3v) is 3.66. The summed E-state index contributed by atoms with van der Waals surface area (Å²) in [6, 6.07) is 5.37. The van der Waals surface area contributed by atoms with Crippen LogP contribution in [0.25, 0.3) is 11.3 Å². The second kappa shape index (κ2) is 5.05. The lowest BCUT2D eigenvalue weighted by Gasteiger charge is -2.11. The molecule has 1 heterocycles. The maximum absolute atomic E-state index is 10.9. The lowest BCUT2D eigenvalue weighted by molar-refractivity contribution is 0.0689. The molecule has 2 aromatic rings. The largest absolute Gasteiger partial charge is 0.495 e. The third kappa shape index (κ3) is 2.35. The van der Waals surface area contributed by atoms with Crippen molar-refractivity contribution in [2.75, 3.05) is 7.11 Å². The molecule has 0 spiro atoms. The zero-order chi connectivity index (χ0) is 14.2. The summed E-state index contributed by atoms with van der Waals surface area (Å²) in [6.07, 6.45) is 0. The molecular weight excluding hydrogens is 312 g/mol. The fourth-order valence-electron chi connectivity index (χ4n) is 1.92. The molecule has 2 rings (SSSR count). The molecule has 6 heteroatoms. The summed E-state index contributed by atoms with van der Waals surface area (Å²) in [7, 11) is 3.31. The Morgan fingerprint density at radius 3 is 2.68 bits per heavy atom. The molecule has 0 aliphatic heterocycles. The zero-order valence-corrected chi connectivity index (χ0v) is 12.4. The summed E-state index contributed by atoms with van der Waals surface area (Å²) in [5.41, 5.74) is 2.57. The molecule has 100 valence electrons. The molecule has 1 aromatic heterocycles. The summed E-state index contributed by atoms with van der Waals surface area (Å²) in [6.45, 7) is 1.94. The van der Waals surface area contributed by atoms with Gasteiger partial charge in [-0.1, -0.05) is 12.1 Å². The van der Waals surface area contributed by atoms with Crippen LogP contribution in [0.1, 0.15) is 16.1 Å². The number of aryl methyl sites for hydroxylation is 2. The highest BCUT2D eigenvalue weighted by molar-refractivity contribution is 9.10. The number of nitrogens with zero attached hydrogens (tertiary/aromatic N) is 2. The van der Waals surface area contributed by atoms with Crippen molar-refractivity contribution in [3.8, 4) is 17.0 Å². The van der Waals surface area contributed by atoms with Crippen molar-refractivity contribution in [3.05, 3.63) is 33.9 Å². The van der Waals surface area contributed by atoms with E-state index in [1.54, 1.807) is 18.8 Å². The molecule has 0 radical (unpaired) electrons. The van der Waals surface area contributed by atoms with Gasteiger partial charge in [-0.25, -0.2) is 4.79 Å². The van der Waals surface area contributed by atoms with Crippen LogP contribution < -0.4 is 4.74 Å². The van der Waals surface area contributed by atoms with E-state index in [0.29, 0.717) is 5.69 Å². The second-order valence-electron chi connectivity index (χ2n) is 4.12. The average molecular weight is 325 g/mol. The van der Waals surface area contributed by atoms with E-state index in [1.165, 1.54) is 6.07 Å². The molecule has 0 aliphatic rings. The normalized spacial score (nSPS) is 10.5. The van der Waals surface area contributed by atoms with Crippen molar-refractivity contribution in [1.29, 1.82) is 0 Å². The van der Waals surface area contributed by atoms with Crippen molar-refractivity contribution < 1.29 is 14.6 Å². The molecule has 0 saturated heterocycles. The molecule has 0 fully saturated rings. The first kappa shape index (κ1) is 13.6. The average Bonchev–Trinajstić information content (AvgIpc) is 2.72. The van der Waals surface area contributed by atoms with Crippen molar-refractivity contribution in [2.45, 2.75) is 6.92 Å². The molecule has 0 unspecified atom stereocenters. The van der Waals surface area contributed by atoms with E-state index < -0.39 is 5.97 Å². The highest BCUT2D eigenvalue weighted by atomic mass is 79.9. The van der Waals surface area contributed by atoms with Crippen LogP contribution in [0.3, 0.4) is 0 Å². The molecule has 5 nitrogen and oxygen atoms in total. The van der Waals surface area contributed by atoms with Gasteiger partial charge in [0, 0.05) is 12.6 Å². The molecule has 19 heavy (non-hydrogen) atoms. The van der Waals surface area contributed by atoms with Crippen LogP contribution in [0.15, 0.2) is 22.7 Å². The Morgan fingerprint density at radius 2 is 2.16 bits per heavy atom. The second-order valence-corrected chi connectivity index (χ2v) is 4.91. The molecule has 0 amide bonds. The third-order valence-electron chi connectivity index (χ3n) is 2.87. The van der Waals surface area contributed by atoms with E-state index in [1.807, 2.05) is 19.1 Å². The molecular formula is C13H13BrN2O3. The Bertz CT molecular complexity index is 650. The Kier molecular flexibility index (Phi) is 3.61. The van der Waals surface area contributed by atoms with Gasteiger partial charge in [-0.3, -0.25) is 4.68 Å². The molecule has 1 N–H and O–H groups in total. The number of methoxy groups -OCH3 is 1. The maximum Gasteiger partial charge on any atom is 0.356 e. The minimum Gasteiger partial charge on any atom is -0.495 e. The van der Waals surface area contributed by atoms with Crippen molar-refractivity contribution in [3.63, 3.8) is 0 Å². The van der Waals surface area contributed by atoms with Gasteiger partial charge in [0.1, 0.15) is 5.75 Å². The number of hydrogen-bond acceptors (Lipinski definition) is 3. The smallest absolute Gasteiger partial charge is 0.356 e. The number of aromatic carboxylic acids is 1. The monoisotopic (exact) mass is 324 g/mol. The van der Waals surface area contributed by atoms with E-state index in [-0.39, 0.29) is 5.69 Å². The van der Waals surface area contributed by atoms with Crippen LogP contribution in [0.2, 0.25) is 0 Å². The first-order chi connectivity index (χ1) is 8.95. The number of carboxylic acids is 1. The van der Waals surface area contributed by atoms with Gasteiger partial charge in [0.05, 0.1) is 17.3 Å². The van der Waals surface area contributed by atoms with E-state index in [4.69, 9.17) is 9.84 Å². The molecule has 1 aromatic carbocycles. The zero-order valence-electron chi connectivity index (χ0n) is 10.8. The van der Waals surface area contributed by atoms with E-state index in [0.717, 1.165) is 21.3 Å². The van der Waals surface area contributed by atoms with Gasteiger partial charge in [-0.2, -0.15) is 5.10 Å². The van der Waals surface area contributed by atoms with Gasteiger partial charge in [0.15, 0.2) is 5.69 Å². The molecule has 0 atom stereocenters. The summed E-state index contributed by atoms with van der Waals surface area (Å²) in [5.74, 6) is -0.312. The first-order valence-corrected chi connectivity index (χ1v) is 6.35. The van der Waals surface area contributed by atoms with Gasteiger partial charge in [-0.05, 0) is 34.5 Å². The first-order valence-electron chi connectivity index (χ1n) is 5.56. The summed E-state index contributed by atoms with van der Waals surface area (Å²) < 4.78 is 7.67. The number of rotatable bonds is 3. The van der Waals surface area contributed by atoms with Gasteiger partial charge >= 0.3 is 5.97 Å². The molecule has 0 aliphatic carbocycles. The summed E-state index contributed by atoms with van der Waals surface area (Å²) in [4.78, 5) is 10.9. The highest BCUT2D eigenvalue weighted by Crippen LogP contribution is 2.37. The fourth-order valence-corrected chi connectivity index (χ4v) is 2.73. The number of hydrogen-bond donors (Lipinski definition) is 1. The standard InChI is InChI=1S/C13H13BrN2O3/c1-7-4-5-8(11(14)12(7)19-3)10-6-9(13(17)18)15-16(10)2/h4-6H,1-3H3,(H,17,18). The maximum atomic E-state index is 10.9. The summed E-state index contributed by atoms with van der Waals surface area (Å²) in [5, 5.41) is 12.9. The number of aromatic nitrogens is 2. The lowest BCUT2D eigenvalue weighted by Crippen LogP contribution is -1.99. The van der Waals surface area contributed by atoms with Crippen LogP contribution in [0.5, 0.6) is 5.75 Å². The molecule has 0 bridgehead atoms. The van der Waals surface area contributed by atoms with Crippen molar-refractivity contribution in [1.82, 2.24) is 9.78 Å². The van der Waals surface area contributed by atoms with E-state index in [9.17, 15) is 4.79 Å². The Morgan fingerprint density at radius 1 is 1.47 bits per heavy atom. The number of ether oxygens (including phenoxy) is 1. The SMILES string of the molecule is COc1c(C)ccc(-c2cc(C(=O)O)nn2C)c1Br. The highest BCUT2D eigenvalue weighted by Gasteiger charge is 2.17. The predicted molar refractivity (Wildman–Crippen MR) is 74.6 cm³/mol. The number of halogens is 1.